The first kappa shape index (κ1) is 11.6. The fourth-order valence-corrected chi connectivity index (χ4v) is 1.60. The molecule has 2 aromatic rings. The van der Waals surface area contributed by atoms with Gasteiger partial charge in [0.1, 0.15) is 5.82 Å². The predicted octanol–water partition coefficient (Wildman–Crippen LogP) is 0.789. The Hall–Kier alpha value is -1.88. The second kappa shape index (κ2) is 5.45. The second-order valence-corrected chi connectivity index (χ2v) is 3.83. The maximum absolute atomic E-state index is 11.4. The van der Waals surface area contributed by atoms with Crippen LogP contribution in [0.2, 0.25) is 0 Å². The molecule has 0 aliphatic heterocycles. The van der Waals surface area contributed by atoms with Gasteiger partial charge in [0.05, 0.1) is 17.6 Å². The minimum atomic E-state index is 0.0276. The number of rotatable bonds is 5. The molecular formula is C12H16N4O. The quantitative estimate of drug-likeness (QED) is 0.713. The standard InChI is InChI=1S/C12H16N4O/c1-13-7-6-12(17)14-8-11-15-9-4-2-3-5-10(9)16-11/h2-5,13H,6-8H2,1H3,(H,14,17)(H,15,16). The van der Waals surface area contributed by atoms with Gasteiger partial charge in [-0.05, 0) is 19.2 Å². The van der Waals surface area contributed by atoms with Gasteiger partial charge in [-0.2, -0.15) is 0 Å². The van der Waals surface area contributed by atoms with Crippen LogP contribution in [0.15, 0.2) is 24.3 Å². The van der Waals surface area contributed by atoms with Crippen LogP contribution >= 0.6 is 0 Å². The van der Waals surface area contributed by atoms with Crippen LogP contribution in [0.25, 0.3) is 11.0 Å². The first-order valence-corrected chi connectivity index (χ1v) is 5.64. The third kappa shape index (κ3) is 3.04. The largest absolute Gasteiger partial charge is 0.349 e. The Morgan fingerprint density at radius 2 is 2.24 bits per heavy atom. The van der Waals surface area contributed by atoms with Crippen molar-refractivity contribution in [1.29, 1.82) is 0 Å². The minimum Gasteiger partial charge on any atom is -0.349 e. The summed E-state index contributed by atoms with van der Waals surface area (Å²) >= 11 is 0. The Kier molecular flexibility index (Phi) is 3.72. The highest BCUT2D eigenvalue weighted by molar-refractivity contribution is 5.77. The van der Waals surface area contributed by atoms with Gasteiger partial charge >= 0.3 is 0 Å². The maximum Gasteiger partial charge on any atom is 0.221 e. The zero-order valence-corrected chi connectivity index (χ0v) is 9.79. The fourth-order valence-electron chi connectivity index (χ4n) is 1.60. The van der Waals surface area contributed by atoms with Crippen molar-refractivity contribution in [2.24, 2.45) is 0 Å². The normalized spacial score (nSPS) is 10.6. The summed E-state index contributed by atoms with van der Waals surface area (Å²) in [5.74, 6) is 0.809. The van der Waals surface area contributed by atoms with Crippen LogP contribution < -0.4 is 10.6 Å². The molecule has 1 aromatic heterocycles. The zero-order chi connectivity index (χ0) is 12.1. The van der Waals surface area contributed by atoms with E-state index in [1.165, 1.54) is 0 Å². The molecular weight excluding hydrogens is 216 g/mol. The number of fused-ring (bicyclic) bond motifs is 1. The SMILES string of the molecule is CNCCC(=O)NCc1nc2ccccc2[nH]1. The topological polar surface area (TPSA) is 69.8 Å². The molecule has 0 unspecified atom stereocenters. The van der Waals surface area contributed by atoms with E-state index < -0.39 is 0 Å². The van der Waals surface area contributed by atoms with Crippen LogP contribution in [0.1, 0.15) is 12.2 Å². The number of para-hydroxylation sites is 2. The number of nitrogens with one attached hydrogen (secondary N) is 3. The highest BCUT2D eigenvalue weighted by atomic mass is 16.1. The second-order valence-electron chi connectivity index (χ2n) is 3.83. The van der Waals surface area contributed by atoms with Crippen molar-refractivity contribution in [1.82, 2.24) is 20.6 Å². The lowest BCUT2D eigenvalue weighted by Gasteiger charge is -2.02. The molecule has 1 aromatic carbocycles. The van der Waals surface area contributed by atoms with E-state index in [1.54, 1.807) is 0 Å². The highest BCUT2D eigenvalue weighted by Gasteiger charge is 2.04. The van der Waals surface area contributed by atoms with E-state index in [1.807, 2.05) is 31.3 Å². The van der Waals surface area contributed by atoms with Crippen LogP contribution in [0.4, 0.5) is 0 Å². The van der Waals surface area contributed by atoms with E-state index in [0.29, 0.717) is 19.5 Å². The molecule has 0 radical (unpaired) electrons. The molecule has 2 rings (SSSR count). The van der Waals surface area contributed by atoms with E-state index in [-0.39, 0.29) is 5.91 Å². The number of benzene rings is 1. The van der Waals surface area contributed by atoms with Crippen molar-refractivity contribution >= 4 is 16.9 Å². The number of hydrogen-bond donors (Lipinski definition) is 3. The summed E-state index contributed by atoms with van der Waals surface area (Å²) in [7, 11) is 1.83. The molecule has 90 valence electrons. The molecule has 3 N–H and O–H groups in total. The molecule has 0 saturated heterocycles. The summed E-state index contributed by atoms with van der Waals surface area (Å²) in [5, 5.41) is 5.76. The van der Waals surface area contributed by atoms with E-state index in [9.17, 15) is 4.79 Å². The zero-order valence-electron chi connectivity index (χ0n) is 9.79. The van der Waals surface area contributed by atoms with Crippen molar-refractivity contribution in [3.8, 4) is 0 Å². The summed E-state index contributed by atoms with van der Waals surface area (Å²) in [6.45, 7) is 1.13. The Bertz CT molecular complexity index is 473. The minimum absolute atomic E-state index is 0.0276. The van der Waals surface area contributed by atoms with Crippen LogP contribution in [-0.4, -0.2) is 29.5 Å². The third-order valence-corrected chi connectivity index (χ3v) is 2.49. The Labute approximate surface area is 99.6 Å². The Balaban J connectivity index is 1.92. The van der Waals surface area contributed by atoms with Crippen molar-refractivity contribution in [2.45, 2.75) is 13.0 Å². The summed E-state index contributed by atoms with van der Waals surface area (Å²) in [6.07, 6.45) is 0.483. The molecule has 0 aliphatic rings. The number of hydrogen-bond acceptors (Lipinski definition) is 3. The first-order chi connectivity index (χ1) is 8.29. The number of carbonyl (C=O) groups excluding carboxylic acids is 1. The van der Waals surface area contributed by atoms with E-state index in [0.717, 1.165) is 16.9 Å². The van der Waals surface area contributed by atoms with Gasteiger partial charge in [-0.1, -0.05) is 12.1 Å². The molecule has 0 atom stereocenters. The van der Waals surface area contributed by atoms with E-state index in [4.69, 9.17) is 0 Å². The Morgan fingerprint density at radius 3 is 3.00 bits per heavy atom. The molecule has 1 amide bonds. The lowest BCUT2D eigenvalue weighted by Crippen LogP contribution is -2.26. The lowest BCUT2D eigenvalue weighted by molar-refractivity contribution is -0.121. The van der Waals surface area contributed by atoms with Gasteiger partial charge in [-0.3, -0.25) is 4.79 Å². The number of imidazole rings is 1. The van der Waals surface area contributed by atoms with Gasteiger partial charge in [0.2, 0.25) is 5.91 Å². The van der Waals surface area contributed by atoms with Crippen LogP contribution in [0.5, 0.6) is 0 Å². The summed E-state index contributed by atoms with van der Waals surface area (Å²) in [6, 6.07) is 7.81. The number of carbonyl (C=O) groups is 1. The summed E-state index contributed by atoms with van der Waals surface area (Å²) < 4.78 is 0. The van der Waals surface area contributed by atoms with Gasteiger partial charge in [0, 0.05) is 13.0 Å². The number of nitrogens with zero attached hydrogens (tertiary/aromatic N) is 1. The molecule has 0 bridgehead atoms. The smallest absolute Gasteiger partial charge is 0.221 e. The number of aromatic nitrogens is 2. The monoisotopic (exact) mass is 232 g/mol. The van der Waals surface area contributed by atoms with Crippen molar-refractivity contribution < 1.29 is 4.79 Å². The van der Waals surface area contributed by atoms with Crippen molar-refractivity contribution in [3.63, 3.8) is 0 Å². The molecule has 0 spiro atoms. The van der Waals surface area contributed by atoms with Gasteiger partial charge < -0.3 is 15.6 Å². The highest BCUT2D eigenvalue weighted by Crippen LogP contribution is 2.09. The van der Waals surface area contributed by atoms with Gasteiger partial charge in [0.25, 0.3) is 0 Å². The first-order valence-electron chi connectivity index (χ1n) is 5.64. The number of H-pyrrole nitrogens is 1. The molecule has 5 nitrogen and oxygen atoms in total. The summed E-state index contributed by atoms with van der Waals surface area (Å²) in [5.41, 5.74) is 1.92. The fraction of sp³-hybridized carbons (Fsp3) is 0.333. The average molecular weight is 232 g/mol. The van der Waals surface area contributed by atoms with Crippen molar-refractivity contribution in [2.75, 3.05) is 13.6 Å². The molecule has 0 aliphatic carbocycles. The molecule has 0 fully saturated rings. The van der Waals surface area contributed by atoms with Gasteiger partial charge in [0.15, 0.2) is 0 Å². The van der Waals surface area contributed by atoms with E-state index in [2.05, 4.69) is 20.6 Å². The number of amides is 1. The molecule has 0 saturated carbocycles. The molecule has 5 heteroatoms. The maximum atomic E-state index is 11.4. The van der Waals surface area contributed by atoms with Crippen molar-refractivity contribution in [3.05, 3.63) is 30.1 Å². The molecule has 1 heterocycles. The molecule has 17 heavy (non-hydrogen) atoms. The Morgan fingerprint density at radius 1 is 1.41 bits per heavy atom. The average Bonchev–Trinajstić information content (AvgIpc) is 2.76. The van der Waals surface area contributed by atoms with E-state index >= 15 is 0 Å². The van der Waals surface area contributed by atoms with Gasteiger partial charge in [-0.25, -0.2) is 4.98 Å². The van der Waals surface area contributed by atoms with Crippen LogP contribution in [0.3, 0.4) is 0 Å². The lowest BCUT2D eigenvalue weighted by atomic mass is 10.3. The third-order valence-electron chi connectivity index (χ3n) is 2.49. The number of aromatic amines is 1. The van der Waals surface area contributed by atoms with Crippen LogP contribution in [0, 0.1) is 0 Å². The summed E-state index contributed by atoms with van der Waals surface area (Å²) in [4.78, 5) is 18.9. The predicted molar refractivity (Wildman–Crippen MR) is 66.5 cm³/mol. The van der Waals surface area contributed by atoms with Gasteiger partial charge in [-0.15, -0.1) is 0 Å². The van der Waals surface area contributed by atoms with Crippen LogP contribution in [-0.2, 0) is 11.3 Å².